The third kappa shape index (κ3) is 3.66. The van der Waals surface area contributed by atoms with Crippen molar-refractivity contribution in [2.75, 3.05) is 25.1 Å². The van der Waals surface area contributed by atoms with Crippen LogP contribution in [0.5, 0.6) is 0 Å². The summed E-state index contributed by atoms with van der Waals surface area (Å²) < 4.78 is 11.0. The molecule has 1 heterocycles. The lowest BCUT2D eigenvalue weighted by Gasteiger charge is -2.32. The van der Waals surface area contributed by atoms with Crippen LogP contribution in [0.15, 0.2) is 30.3 Å². The number of piperazine rings is 1. The fourth-order valence-electron chi connectivity index (χ4n) is 2.22. The van der Waals surface area contributed by atoms with Crippen molar-refractivity contribution in [3.63, 3.8) is 0 Å². The second-order valence-electron chi connectivity index (χ2n) is 4.80. The van der Waals surface area contributed by atoms with Crippen LogP contribution in [0.25, 0.3) is 0 Å². The monoisotopic (exact) mass is 294 g/mol. The van der Waals surface area contributed by atoms with Crippen LogP contribution < -0.4 is 5.32 Å². The van der Waals surface area contributed by atoms with Gasteiger partial charge in [-0.25, -0.2) is 0 Å². The highest BCUT2D eigenvalue weighted by Crippen LogP contribution is 2.19. The highest BCUT2D eigenvalue weighted by Gasteiger charge is 2.33. The molecule has 6 heteroatoms. The largest absolute Gasteiger partial charge is 0.339 e. The van der Waals surface area contributed by atoms with Gasteiger partial charge >= 0.3 is 0 Å². The van der Waals surface area contributed by atoms with Gasteiger partial charge in [0, 0.05) is 29.4 Å². The van der Waals surface area contributed by atoms with Gasteiger partial charge in [0.2, 0.25) is 11.8 Å². The zero-order valence-electron chi connectivity index (χ0n) is 11.4. The van der Waals surface area contributed by atoms with Crippen LogP contribution in [0.3, 0.4) is 0 Å². The Morgan fingerprint density at radius 3 is 2.65 bits per heavy atom. The van der Waals surface area contributed by atoms with Crippen LogP contribution in [0.1, 0.15) is 18.0 Å². The van der Waals surface area contributed by atoms with Gasteiger partial charge in [0.1, 0.15) is 6.04 Å². The van der Waals surface area contributed by atoms with E-state index in [4.69, 9.17) is 0 Å². The van der Waals surface area contributed by atoms with Gasteiger partial charge in [-0.1, -0.05) is 30.3 Å². The van der Waals surface area contributed by atoms with E-state index in [0.717, 1.165) is 5.56 Å². The predicted molar refractivity (Wildman–Crippen MR) is 77.5 cm³/mol. The maximum absolute atomic E-state index is 12.4. The quantitative estimate of drug-likeness (QED) is 0.857. The Hall–Kier alpha value is -1.69. The predicted octanol–water partition coefficient (Wildman–Crippen LogP) is 0.455. The number of amides is 2. The molecule has 20 heavy (non-hydrogen) atoms. The number of carbonyl (C=O) groups excluding carboxylic acids is 2. The third-order valence-electron chi connectivity index (χ3n) is 3.19. The molecule has 1 saturated heterocycles. The normalized spacial score (nSPS) is 20.6. The van der Waals surface area contributed by atoms with Gasteiger partial charge in [0.25, 0.3) is 0 Å². The number of rotatable bonds is 5. The van der Waals surface area contributed by atoms with Crippen molar-refractivity contribution in [2.45, 2.75) is 12.5 Å². The molecule has 108 valence electrons. The second kappa shape index (κ2) is 6.65. The Labute approximate surface area is 120 Å². The summed E-state index contributed by atoms with van der Waals surface area (Å²) in [4.78, 5) is 25.7. The molecule has 1 fully saturated rings. The summed E-state index contributed by atoms with van der Waals surface area (Å²) in [6, 6.07) is 8.60. The first-order chi connectivity index (χ1) is 9.58. The standard InChI is InChI=1S/C14H18N2O3S/c1-20(19)9-5-8-16-10-12(17)15-13(14(16)18)11-6-3-2-4-7-11/h2-4,6-7,13H,5,8-10H2,1H3,(H,15,17). The van der Waals surface area contributed by atoms with Crippen LogP contribution in [0.2, 0.25) is 0 Å². The van der Waals surface area contributed by atoms with Crippen LogP contribution in [-0.2, 0) is 20.4 Å². The van der Waals surface area contributed by atoms with E-state index in [1.54, 1.807) is 11.2 Å². The summed E-state index contributed by atoms with van der Waals surface area (Å²) in [5, 5.41) is 2.72. The molecule has 5 nitrogen and oxygen atoms in total. The first kappa shape index (κ1) is 14.7. The van der Waals surface area contributed by atoms with Crippen molar-refractivity contribution in [1.82, 2.24) is 10.2 Å². The molecule has 2 atom stereocenters. The van der Waals surface area contributed by atoms with Crippen LogP contribution >= 0.6 is 0 Å². The first-order valence-electron chi connectivity index (χ1n) is 6.51. The molecule has 0 aromatic heterocycles. The second-order valence-corrected chi connectivity index (χ2v) is 6.36. The molecule has 1 aliphatic rings. The van der Waals surface area contributed by atoms with Crippen LogP contribution in [0.4, 0.5) is 0 Å². The number of carbonyl (C=O) groups is 2. The lowest BCUT2D eigenvalue weighted by molar-refractivity contribution is -0.144. The van der Waals surface area contributed by atoms with Gasteiger partial charge in [0.05, 0.1) is 6.54 Å². The average Bonchev–Trinajstić information content (AvgIpc) is 2.43. The van der Waals surface area contributed by atoms with Gasteiger partial charge in [-0.05, 0) is 12.0 Å². The average molecular weight is 294 g/mol. The minimum atomic E-state index is -0.873. The van der Waals surface area contributed by atoms with E-state index < -0.39 is 16.8 Å². The molecular weight excluding hydrogens is 276 g/mol. The highest BCUT2D eigenvalue weighted by atomic mass is 32.2. The minimum Gasteiger partial charge on any atom is -0.339 e. The zero-order valence-corrected chi connectivity index (χ0v) is 12.2. The number of nitrogens with one attached hydrogen (secondary N) is 1. The van der Waals surface area contributed by atoms with Gasteiger partial charge in [-0.15, -0.1) is 0 Å². The van der Waals surface area contributed by atoms with Gasteiger partial charge < -0.3 is 10.2 Å². The van der Waals surface area contributed by atoms with Crippen molar-refractivity contribution in [1.29, 1.82) is 0 Å². The molecular formula is C14H18N2O3S. The topological polar surface area (TPSA) is 66.5 Å². The lowest BCUT2D eigenvalue weighted by atomic mass is 10.0. The Morgan fingerprint density at radius 2 is 2.00 bits per heavy atom. The molecule has 2 rings (SSSR count). The molecule has 2 unspecified atom stereocenters. The van der Waals surface area contributed by atoms with Gasteiger partial charge in [-0.2, -0.15) is 0 Å². The van der Waals surface area contributed by atoms with E-state index in [2.05, 4.69) is 5.32 Å². The van der Waals surface area contributed by atoms with E-state index in [-0.39, 0.29) is 18.4 Å². The third-order valence-corrected chi connectivity index (χ3v) is 4.05. The summed E-state index contributed by atoms with van der Waals surface area (Å²) in [6.45, 7) is 0.549. The SMILES string of the molecule is CS(=O)CCCN1CC(=O)NC(c2ccccc2)C1=O. The summed E-state index contributed by atoms with van der Waals surface area (Å²) in [5.41, 5.74) is 0.787. The van der Waals surface area contributed by atoms with Crippen molar-refractivity contribution in [2.24, 2.45) is 0 Å². The van der Waals surface area contributed by atoms with Crippen molar-refractivity contribution in [3.05, 3.63) is 35.9 Å². The molecule has 1 aliphatic heterocycles. The maximum atomic E-state index is 12.4. The Balaban J connectivity index is 2.06. The molecule has 0 aliphatic carbocycles. The van der Waals surface area contributed by atoms with Crippen molar-refractivity contribution in [3.8, 4) is 0 Å². The molecule has 2 amide bonds. The summed E-state index contributed by atoms with van der Waals surface area (Å²) >= 11 is 0. The summed E-state index contributed by atoms with van der Waals surface area (Å²) in [6.07, 6.45) is 2.28. The number of hydrogen-bond donors (Lipinski definition) is 1. The van der Waals surface area contributed by atoms with E-state index in [1.165, 1.54) is 0 Å². The Morgan fingerprint density at radius 1 is 1.30 bits per heavy atom. The molecule has 0 spiro atoms. The van der Waals surface area contributed by atoms with E-state index in [0.29, 0.717) is 18.7 Å². The Bertz CT molecular complexity index is 518. The molecule has 0 radical (unpaired) electrons. The molecule has 1 aromatic rings. The summed E-state index contributed by atoms with van der Waals surface area (Å²) in [5.74, 6) is 0.287. The van der Waals surface area contributed by atoms with Crippen molar-refractivity contribution >= 4 is 22.6 Å². The summed E-state index contributed by atoms with van der Waals surface area (Å²) in [7, 11) is -0.873. The smallest absolute Gasteiger partial charge is 0.250 e. The van der Waals surface area contributed by atoms with Crippen molar-refractivity contribution < 1.29 is 13.8 Å². The molecule has 1 aromatic carbocycles. The van der Waals surface area contributed by atoms with Crippen LogP contribution in [0, 0.1) is 0 Å². The van der Waals surface area contributed by atoms with Crippen LogP contribution in [-0.4, -0.2) is 46.0 Å². The zero-order chi connectivity index (χ0) is 14.5. The van der Waals surface area contributed by atoms with E-state index in [9.17, 15) is 13.8 Å². The number of hydrogen-bond acceptors (Lipinski definition) is 3. The molecule has 1 N–H and O–H groups in total. The molecule has 0 saturated carbocycles. The lowest BCUT2D eigenvalue weighted by Crippen LogP contribution is -2.53. The fourth-order valence-corrected chi connectivity index (χ4v) is 2.76. The van der Waals surface area contributed by atoms with Gasteiger partial charge in [0.15, 0.2) is 0 Å². The maximum Gasteiger partial charge on any atom is 0.250 e. The highest BCUT2D eigenvalue weighted by molar-refractivity contribution is 7.84. The fraction of sp³-hybridized carbons (Fsp3) is 0.429. The van der Waals surface area contributed by atoms with E-state index >= 15 is 0 Å². The Kier molecular flexibility index (Phi) is 4.89. The number of nitrogens with zero attached hydrogens (tertiary/aromatic N) is 1. The molecule has 0 bridgehead atoms. The van der Waals surface area contributed by atoms with Gasteiger partial charge in [-0.3, -0.25) is 13.8 Å². The van der Waals surface area contributed by atoms with E-state index in [1.807, 2.05) is 30.3 Å². The minimum absolute atomic E-state index is 0.0819. The number of benzene rings is 1. The first-order valence-corrected chi connectivity index (χ1v) is 8.24.